The van der Waals surface area contributed by atoms with Crippen molar-refractivity contribution in [1.82, 2.24) is 25.0 Å². The molecule has 3 aromatic rings. The van der Waals surface area contributed by atoms with Crippen molar-refractivity contribution in [3.8, 4) is 17.1 Å². The third-order valence-corrected chi connectivity index (χ3v) is 6.88. The number of aryl methyl sites for hydroxylation is 2. The first-order chi connectivity index (χ1) is 16.9. The number of benzene rings is 2. The first-order valence-corrected chi connectivity index (χ1v) is 12.9. The number of hydrogen-bond acceptors (Lipinski definition) is 6. The van der Waals surface area contributed by atoms with Crippen molar-refractivity contribution in [3.05, 3.63) is 59.7 Å². The smallest absolute Gasteiger partial charge is 0.409 e. The Morgan fingerprint density at radius 1 is 1.00 bits per heavy atom. The maximum absolute atomic E-state index is 12.7. The summed E-state index contributed by atoms with van der Waals surface area (Å²) in [6.07, 6.45) is 1.14. The molecule has 0 saturated carbocycles. The van der Waals surface area contributed by atoms with Crippen molar-refractivity contribution in [2.24, 2.45) is 0 Å². The van der Waals surface area contributed by atoms with Gasteiger partial charge >= 0.3 is 6.09 Å². The standard InChI is InChI=1S/C26H31N5O3S/c1-4-34-26(33)30-15-13-21(14-16-30)27-23(32)17-35-25-29-28-24(20-9-5-18(2)6-10-20)31(25)22-11-7-19(3)8-12-22/h5-12,21H,4,13-17H2,1-3H3,(H,27,32). The Bertz CT molecular complexity index is 1150. The Labute approximate surface area is 210 Å². The van der Waals surface area contributed by atoms with Gasteiger partial charge in [0, 0.05) is 30.4 Å². The second-order valence-electron chi connectivity index (χ2n) is 8.66. The van der Waals surface area contributed by atoms with Crippen LogP contribution in [0.2, 0.25) is 0 Å². The molecule has 1 aromatic heterocycles. The second-order valence-corrected chi connectivity index (χ2v) is 9.60. The van der Waals surface area contributed by atoms with E-state index in [1.54, 1.807) is 11.8 Å². The molecule has 35 heavy (non-hydrogen) atoms. The fraction of sp³-hybridized carbons (Fsp3) is 0.385. The molecule has 0 unspecified atom stereocenters. The van der Waals surface area contributed by atoms with Crippen LogP contribution < -0.4 is 5.32 Å². The lowest BCUT2D eigenvalue weighted by Gasteiger charge is -2.31. The van der Waals surface area contributed by atoms with Crippen molar-refractivity contribution >= 4 is 23.8 Å². The van der Waals surface area contributed by atoms with Crippen molar-refractivity contribution < 1.29 is 14.3 Å². The number of thioether (sulfide) groups is 1. The lowest BCUT2D eigenvalue weighted by Crippen LogP contribution is -2.47. The van der Waals surface area contributed by atoms with Crippen LogP contribution in [-0.2, 0) is 9.53 Å². The summed E-state index contributed by atoms with van der Waals surface area (Å²) in [6, 6.07) is 16.4. The highest BCUT2D eigenvalue weighted by Gasteiger charge is 2.25. The molecule has 4 rings (SSSR count). The summed E-state index contributed by atoms with van der Waals surface area (Å²) in [5, 5.41) is 12.6. The van der Waals surface area contributed by atoms with E-state index < -0.39 is 0 Å². The zero-order valence-electron chi connectivity index (χ0n) is 20.4. The fourth-order valence-electron chi connectivity index (χ4n) is 4.00. The SMILES string of the molecule is CCOC(=O)N1CCC(NC(=O)CSc2nnc(-c3ccc(C)cc3)n2-c2ccc(C)cc2)CC1. The summed E-state index contributed by atoms with van der Waals surface area (Å²) in [7, 11) is 0. The lowest BCUT2D eigenvalue weighted by atomic mass is 10.1. The van der Waals surface area contributed by atoms with Gasteiger partial charge in [-0.05, 0) is 45.7 Å². The van der Waals surface area contributed by atoms with Crippen molar-refractivity contribution in [1.29, 1.82) is 0 Å². The van der Waals surface area contributed by atoms with Crippen LogP contribution in [0.1, 0.15) is 30.9 Å². The molecular formula is C26H31N5O3S. The van der Waals surface area contributed by atoms with Crippen LogP contribution in [0.3, 0.4) is 0 Å². The summed E-state index contributed by atoms with van der Waals surface area (Å²) in [4.78, 5) is 26.3. The van der Waals surface area contributed by atoms with E-state index in [4.69, 9.17) is 4.74 Å². The molecule has 2 heterocycles. The van der Waals surface area contributed by atoms with E-state index in [1.165, 1.54) is 22.9 Å². The first kappa shape index (κ1) is 24.8. The maximum Gasteiger partial charge on any atom is 0.409 e. The number of carbonyl (C=O) groups is 2. The minimum absolute atomic E-state index is 0.0480. The van der Waals surface area contributed by atoms with Gasteiger partial charge in [0.25, 0.3) is 0 Å². The number of ether oxygens (including phenoxy) is 1. The van der Waals surface area contributed by atoms with Crippen molar-refractivity contribution in [3.63, 3.8) is 0 Å². The van der Waals surface area contributed by atoms with Crippen LogP contribution in [0, 0.1) is 13.8 Å². The van der Waals surface area contributed by atoms with Gasteiger partial charge in [-0.2, -0.15) is 0 Å². The van der Waals surface area contributed by atoms with Crippen LogP contribution in [0.15, 0.2) is 53.7 Å². The largest absolute Gasteiger partial charge is 0.450 e. The number of piperidine rings is 1. The van der Waals surface area contributed by atoms with Crippen LogP contribution in [-0.4, -0.2) is 63.2 Å². The summed E-state index contributed by atoms with van der Waals surface area (Å²) in [6.45, 7) is 7.43. The van der Waals surface area contributed by atoms with Gasteiger partial charge < -0.3 is 15.0 Å². The molecule has 9 heteroatoms. The van der Waals surface area contributed by atoms with Crippen molar-refractivity contribution in [2.45, 2.75) is 44.8 Å². The average molecular weight is 494 g/mol. The maximum atomic E-state index is 12.7. The first-order valence-electron chi connectivity index (χ1n) is 11.9. The molecule has 1 aliphatic heterocycles. The summed E-state index contributed by atoms with van der Waals surface area (Å²) in [5.74, 6) is 0.915. The predicted octanol–water partition coefficient (Wildman–Crippen LogP) is 4.38. The number of rotatable bonds is 7. The van der Waals surface area contributed by atoms with E-state index in [0.717, 1.165) is 17.1 Å². The van der Waals surface area contributed by atoms with E-state index in [1.807, 2.05) is 35.8 Å². The van der Waals surface area contributed by atoms with E-state index in [2.05, 4.69) is 46.7 Å². The number of hydrogen-bond donors (Lipinski definition) is 1. The molecule has 0 spiro atoms. The van der Waals surface area contributed by atoms with E-state index in [-0.39, 0.29) is 23.8 Å². The summed E-state index contributed by atoms with van der Waals surface area (Å²) < 4.78 is 7.06. The number of amides is 2. The third kappa shape index (κ3) is 6.22. The van der Waals surface area contributed by atoms with Crippen LogP contribution in [0.5, 0.6) is 0 Å². The lowest BCUT2D eigenvalue weighted by molar-refractivity contribution is -0.119. The Morgan fingerprint density at radius 2 is 1.63 bits per heavy atom. The molecule has 0 bridgehead atoms. The van der Waals surface area contributed by atoms with Gasteiger partial charge in [-0.15, -0.1) is 10.2 Å². The van der Waals surface area contributed by atoms with Gasteiger partial charge in [-0.25, -0.2) is 4.79 Å². The van der Waals surface area contributed by atoms with Crippen LogP contribution in [0.25, 0.3) is 17.1 Å². The third-order valence-electron chi connectivity index (χ3n) is 5.95. The Kier molecular flexibility index (Phi) is 8.07. The van der Waals surface area contributed by atoms with Gasteiger partial charge in [0.15, 0.2) is 11.0 Å². The molecular weight excluding hydrogens is 462 g/mol. The summed E-state index contributed by atoms with van der Waals surface area (Å²) in [5.41, 5.74) is 4.26. The highest BCUT2D eigenvalue weighted by molar-refractivity contribution is 7.99. The molecule has 1 aliphatic rings. The topological polar surface area (TPSA) is 89.3 Å². The Hall–Kier alpha value is -3.33. The second kappa shape index (κ2) is 11.4. The van der Waals surface area contributed by atoms with E-state index in [0.29, 0.717) is 37.7 Å². The molecule has 2 aromatic carbocycles. The van der Waals surface area contributed by atoms with E-state index in [9.17, 15) is 9.59 Å². The molecule has 1 saturated heterocycles. The van der Waals surface area contributed by atoms with Gasteiger partial charge in [-0.3, -0.25) is 9.36 Å². The molecule has 2 amide bonds. The molecule has 0 aliphatic carbocycles. The fourth-order valence-corrected chi connectivity index (χ4v) is 4.76. The quantitative estimate of drug-likeness (QED) is 0.492. The van der Waals surface area contributed by atoms with Crippen LogP contribution >= 0.6 is 11.8 Å². The van der Waals surface area contributed by atoms with E-state index >= 15 is 0 Å². The molecule has 8 nitrogen and oxygen atoms in total. The normalized spacial score (nSPS) is 14.1. The summed E-state index contributed by atoms with van der Waals surface area (Å²) >= 11 is 1.37. The van der Waals surface area contributed by atoms with Gasteiger partial charge in [0.05, 0.1) is 12.4 Å². The van der Waals surface area contributed by atoms with Gasteiger partial charge in [0.1, 0.15) is 0 Å². The molecule has 0 atom stereocenters. The average Bonchev–Trinajstić information content (AvgIpc) is 3.28. The Morgan fingerprint density at radius 3 is 2.26 bits per heavy atom. The molecule has 1 fully saturated rings. The molecule has 1 N–H and O–H groups in total. The number of likely N-dealkylation sites (tertiary alicyclic amines) is 1. The van der Waals surface area contributed by atoms with Gasteiger partial charge in [-0.1, -0.05) is 59.3 Å². The molecule has 0 radical (unpaired) electrons. The van der Waals surface area contributed by atoms with Crippen LogP contribution in [0.4, 0.5) is 4.79 Å². The number of carbonyl (C=O) groups excluding carboxylic acids is 2. The minimum atomic E-state index is -0.285. The number of nitrogens with zero attached hydrogens (tertiary/aromatic N) is 4. The monoisotopic (exact) mass is 493 g/mol. The number of aromatic nitrogens is 3. The highest BCUT2D eigenvalue weighted by Crippen LogP contribution is 2.28. The van der Waals surface area contributed by atoms with Crippen molar-refractivity contribution in [2.75, 3.05) is 25.4 Å². The van der Waals surface area contributed by atoms with Gasteiger partial charge in [0.2, 0.25) is 5.91 Å². The zero-order valence-corrected chi connectivity index (χ0v) is 21.2. The zero-order chi connectivity index (χ0) is 24.8. The minimum Gasteiger partial charge on any atom is -0.450 e. The Balaban J connectivity index is 1.43. The predicted molar refractivity (Wildman–Crippen MR) is 137 cm³/mol. The number of nitrogens with one attached hydrogen (secondary N) is 1. The highest BCUT2D eigenvalue weighted by atomic mass is 32.2. The molecule has 184 valence electrons.